The van der Waals surface area contributed by atoms with Crippen molar-refractivity contribution >= 4 is 45.6 Å². The lowest BCUT2D eigenvalue weighted by atomic mass is 10.1. The van der Waals surface area contributed by atoms with Gasteiger partial charge in [-0.25, -0.2) is 10.2 Å². The zero-order valence-electron chi connectivity index (χ0n) is 17.4. The number of hydrogen-bond acceptors (Lipinski definition) is 5. The quantitative estimate of drug-likeness (QED) is 0.181. The molecular formula is C24H20BrN3O4. The van der Waals surface area contributed by atoms with Crippen LogP contribution in [0.15, 0.2) is 76.3 Å². The Morgan fingerprint density at radius 1 is 0.875 bits per heavy atom. The third-order valence-electron chi connectivity index (χ3n) is 4.35. The summed E-state index contributed by atoms with van der Waals surface area (Å²) in [7, 11) is 0. The first-order valence-corrected chi connectivity index (χ1v) is 10.4. The van der Waals surface area contributed by atoms with E-state index in [1.807, 2.05) is 38.1 Å². The standard InChI is InChI=1S/C24H20BrN3O4/c1-15-3-7-17(8-4-15)24(31)32-21-12-9-19(25)13-18(21)14-26-28-23(30)22(29)27-20-10-5-16(2)6-11-20/h3-14H,1-2H3,(H,27,29)(H,28,30)/b26-14-. The van der Waals surface area contributed by atoms with E-state index in [0.717, 1.165) is 15.6 Å². The van der Waals surface area contributed by atoms with Crippen molar-refractivity contribution < 1.29 is 19.1 Å². The van der Waals surface area contributed by atoms with Gasteiger partial charge in [-0.3, -0.25) is 9.59 Å². The second-order valence-electron chi connectivity index (χ2n) is 6.96. The molecule has 0 fully saturated rings. The zero-order valence-corrected chi connectivity index (χ0v) is 19.0. The molecule has 0 aliphatic rings. The van der Waals surface area contributed by atoms with Crippen LogP contribution in [0.2, 0.25) is 0 Å². The molecule has 0 aromatic heterocycles. The highest BCUT2D eigenvalue weighted by Gasteiger charge is 2.14. The zero-order chi connectivity index (χ0) is 23.1. The highest BCUT2D eigenvalue weighted by molar-refractivity contribution is 9.10. The Kier molecular flexibility index (Phi) is 7.51. The third-order valence-corrected chi connectivity index (χ3v) is 4.84. The van der Waals surface area contributed by atoms with Gasteiger partial charge in [0, 0.05) is 15.7 Å². The number of carbonyl (C=O) groups is 3. The number of halogens is 1. The summed E-state index contributed by atoms with van der Waals surface area (Å²) in [5.74, 6) is -2.06. The van der Waals surface area contributed by atoms with Gasteiger partial charge in [-0.2, -0.15) is 5.10 Å². The molecule has 0 aliphatic carbocycles. The second kappa shape index (κ2) is 10.5. The molecule has 3 aromatic rings. The van der Waals surface area contributed by atoms with Crippen molar-refractivity contribution in [2.45, 2.75) is 13.8 Å². The smallest absolute Gasteiger partial charge is 0.343 e. The van der Waals surface area contributed by atoms with Crippen LogP contribution in [0.5, 0.6) is 5.75 Å². The maximum absolute atomic E-state index is 12.4. The fourth-order valence-electron chi connectivity index (χ4n) is 2.60. The van der Waals surface area contributed by atoms with Gasteiger partial charge in [0.2, 0.25) is 0 Å². The number of hydrazone groups is 1. The van der Waals surface area contributed by atoms with E-state index in [-0.39, 0.29) is 5.75 Å². The minimum Gasteiger partial charge on any atom is -0.422 e. The predicted molar refractivity (Wildman–Crippen MR) is 126 cm³/mol. The lowest BCUT2D eigenvalue weighted by molar-refractivity contribution is -0.136. The Bertz CT molecular complexity index is 1170. The number of amides is 2. The third kappa shape index (κ3) is 6.36. The van der Waals surface area contributed by atoms with Crippen molar-refractivity contribution in [1.82, 2.24) is 5.43 Å². The molecule has 0 radical (unpaired) electrons. The summed E-state index contributed by atoms with van der Waals surface area (Å²) in [6.07, 6.45) is 1.29. The monoisotopic (exact) mass is 493 g/mol. The molecule has 0 saturated carbocycles. The molecule has 2 N–H and O–H groups in total. The highest BCUT2D eigenvalue weighted by atomic mass is 79.9. The molecule has 32 heavy (non-hydrogen) atoms. The van der Waals surface area contributed by atoms with Crippen LogP contribution < -0.4 is 15.5 Å². The number of esters is 1. The molecule has 0 unspecified atom stereocenters. The van der Waals surface area contributed by atoms with Crippen molar-refractivity contribution in [3.05, 3.63) is 93.5 Å². The Balaban J connectivity index is 1.65. The maximum Gasteiger partial charge on any atom is 0.343 e. The topological polar surface area (TPSA) is 96.9 Å². The van der Waals surface area contributed by atoms with Crippen LogP contribution in [-0.2, 0) is 9.59 Å². The summed E-state index contributed by atoms with van der Waals surface area (Å²) >= 11 is 3.35. The molecule has 0 atom stereocenters. The SMILES string of the molecule is Cc1ccc(NC(=O)C(=O)N/N=C\c2cc(Br)ccc2OC(=O)c2ccc(C)cc2)cc1. The van der Waals surface area contributed by atoms with Crippen molar-refractivity contribution in [3.8, 4) is 5.75 Å². The van der Waals surface area contributed by atoms with E-state index in [4.69, 9.17) is 4.74 Å². The minimum atomic E-state index is -0.935. The van der Waals surface area contributed by atoms with Gasteiger partial charge in [0.1, 0.15) is 5.75 Å². The van der Waals surface area contributed by atoms with Crippen LogP contribution in [0, 0.1) is 13.8 Å². The Labute approximate surface area is 193 Å². The normalized spacial score (nSPS) is 10.6. The summed E-state index contributed by atoms with van der Waals surface area (Å²) in [4.78, 5) is 36.5. The van der Waals surface area contributed by atoms with Crippen molar-refractivity contribution in [1.29, 1.82) is 0 Å². The van der Waals surface area contributed by atoms with Crippen LogP contribution in [0.1, 0.15) is 27.0 Å². The fraction of sp³-hybridized carbons (Fsp3) is 0.0833. The predicted octanol–water partition coefficient (Wildman–Crippen LogP) is 4.37. The van der Waals surface area contributed by atoms with Gasteiger partial charge in [0.05, 0.1) is 11.8 Å². The first-order valence-electron chi connectivity index (χ1n) is 9.61. The summed E-state index contributed by atoms with van der Waals surface area (Å²) < 4.78 is 6.20. The van der Waals surface area contributed by atoms with Gasteiger partial charge in [-0.05, 0) is 56.3 Å². The van der Waals surface area contributed by atoms with Gasteiger partial charge < -0.3 is 10.1 Å². The Hall–Kier alpha value is -3.78. The average molecular weight is 494 g/mol. The molecule has 0 aliphatic heterocycles. The highest BCUT2D eigenvalue weighted by Crippen LogP contribution is 2.23. The van der Waals surface area contributed by atoms with Crippen molar-refractivity contribution in [2.75, 3.05) is 5.32 Å². The first-order chi connectivity index (χ1) is 15.3. The molecule has 0 bridgehead atoms. The number of aryl methyl sites for hydroxylation is 2. The maximum atomic E-state index is 12.4. The van der Waals surface area contributed by atoms with Crippen LogP contribution in [0.25, 0.3) is 0 Å². The number of nitrogens with one attached hydrogen (secondary N) is 2. The number of anilines is 1. The molecule has 0 heterocycles. The number of nitrogens with zero attached hydrogens (tertiary/aromatic N) is 1. The number of ether oxygens (including phenoxy) is 1. The molecule has 8 heteroatoms. The van der Waals surface area contributed by atoms with Crippen LogP contribution in [-0.4, -0.2) is 24.0 Å². The number of benzene rings is 3. The van der Waals surface area contributed by atoms with E-state index in [2.05, 4.69) is 31.8 Å². The summed E-state index contributed by atoms with van der Waals surface area (Å²) in [5, 5.41) is 6.30. The molecule has 162 valence electrons. The van der Waals surface area contributed by atoms with Crippen LogP contribution in [0.3, 0.4) is 0 Å². The lowest BCUT2D eigenvalue weighted by Gasteiger charge is -2.08. The van der Waals surface area contributed by atoms with Gasteiger partial charge in [0.15, 0.2) is 0 Å². The molecule has 0 saturated heterocycles. The minimum absolute atomic E-state index is 0.251. The lowest BCUT2D eigenvalue weighted by Crippen LogP contribution is -2.32. The molecular weight excluding hydrogens is 474 g/mol. The molecule has 7 nitrogen and oxygen atoms in total. The van der Waals surface area contributed by atoms with Gasteiger partial charge >= 0.3 is 17.8 Å². The van der Waals surface area contributed by atoms with E-state index in [1.54, 1.807) is 42.5 Å². The van der Waals surface area contributed by atoms with Crippen molar-refractivity contribution in [3.63, 3.8) is 0 Å². The molecule has 3 rings (SSSR count). The van der Waals surface area contributed by atoms with Gasteiger partial charge in [-0.15, -0.1) is 0 Å². The fourth-order valence-corrected chi connectivity index (χ4v) is 2.98. The average Bonchev–Trinajstić information content (AvgIpc) is 2.77. The second-order valence-corrected chi connectivity index (χ2v) is 7.87. The Morgan fingerprint density at radius 3 is 2.16 bits per heavy atom. The largest absolute Gasteiger partial charge is 0.422 e. The van der Waals surface area contributed by atoms with Crippen molar-refractivity contribution in [2.24, 2.45) is 5.10 Å². The van der Waals surface area contributed by atoms with Crippen LogP contribution >= 0.6 is 15.9 Å². The summed E-state index contributed by atoms with van der Waals surface area (Å²) in [6.45, 7) is 3.84. The van der Waals surface area contributed by atoms with E-state index in [0.29, 0.717) is 16.8 Å². The number of hydrogen-bond donors (Lipinski definition) is 2. The molecule has 0 spiro atoms. The summed E-state index contributed by atoms with van der Waals surface area (Å²) in [5.41, 5.74) is 5.56. The number of rotatable bonds is 5. The van der Waals surface area contributed by atoms with Gasteiger partial charge in [-0.1, -0.05) is 51.3 Å². The van der Waals surface area contributed by atoms with Gasteiger partial charge in [0.25, 0.3) is 0 Å². The number of carbonyl (C=O) groups excluding carboxylic acids is 3. The summed E-state index contributed by atoms with van der Waals surface area (Å²) in [6, 6.07) is 19.0. The van der Waals surface area contributed by atoms with E-state index in [9.17, 15) is 14.4 Å². The van der Waals surface area contributed by atoms with Crippen LogP contribution in [0.4, 0.5) is 5.69 Å². The van der Waals surface area contributed by atoms with E-state index >= 15 is 0 Å². The van der Waals surface area contributed by atoms with E-state index < -0.39 is 17.8 Å². The Morgan fingerprint density at radius 2 is 1.50 bits per heavy atom. The van der Waals surface area contributed by atoms with E-state index in [1.165, 1.54) is 6.21 Å². The first kappa shape index (κ1) is 22.9. The molecule has 2 amide bonds. The molecule has 3 aromatic carbocycles.